The fourth-order valence-electron chi connectivity index (χ4n) is 1.23. The van der Waals surface area contributed by atoms with Crippen LogP contribution in [0.2, 0.25) is 0 Å². The van der Waals surface area contributed by atoms with Gasteiger partial charge in [0.05, 0.1) is 0 Å². The Morgan fingerprint density at radius 1 is 1.12 bits per heavy atom. The summed E-state index contributed by atoms with van der Waals surface area (Å²) >= 11 is 0. The molecule has 1 nitrogen and oxygen atoms in total. The molecule has 0 aliphatic carbocycles. The monoisotopic (exact) mass is 261 g/mol. The number of hydrogen-bond acceptors (Lipinski definition) is 1. The Hall–Kier alpha value is -1.31. The van der Waals surface area contributed by atoms with E-state index in [1.165, 1.54) is 0 Å². The highest BCUT2D eigenvalue weighted by atomic mass is 19.4. The molecule has 8 heteroatoms. The van der Waals surface area contributed by atoms with Gasteiger partial charge in [-0.2, -0.15) is 13.2 Å². The van der Waals surface area contributed by atoms with Crippen molar-refractivity contribution in [3.63, 3.8) is 0 Å². The van der Waals surface area contributed by atoms with Gasteiger partial charge in [0.2, 0.25) is 0 Å². The van der Waals surface area contributed by atoms with Crippen LogP contribution in [0.1, 0.15) is 17.3 Å². The van der Waals surface area contributed by atoms with Crippen LogP contribution in [0.25, 0.3) is 0 Å². The van der Waals surface area contributed by atoms with Gasteiger partial charge in [0.15, 0.2) is 11.6 Å². The van der Waals surface area contributed by atoms with Crippen molar-refractivity contribution in [2.75, 3.05) is 6.54 Å². The van der Waals surface area contributed by atoms with Crippen LogP contribution in [0.4, 0.5) is 30.7 Å². The molecule has 1 aromatic rings. The van der Waals surface area contributed by atoms with Crippen LogP contribution in [-0.2, 0) is 6.18 Å². The molecule has 0 aliphatic rings. The largest absolute Gasteiger partial charge is 0.422 e. The summed E-state index contributed by atoms with van der Waals surface area (Å²) in [5, 5.41) is 0. The minimum absolute atomic E-state index is 0.0429. The van der Waals surface area contributed by atoms with Crippen molar-refractivity contribution in [2.24, 2.45) is 5.73 Å². The molecular weight excluding hydrogens is 255 g/mol. The van der Waals surface area contributed by atoms with Crippen molar-refractivity contribution in [3.05, 3.63) is 34.6 Å². The summed E-state index contributed by atoms with van der Waals surface area (Å²) < 4.78 is 88.3. The van der Waals surface area contributed by atoms with Gasteiger partial charge >= 0.3 is 6.18 Å². The predicted molar refractivity (Wildman–Crippen MR) is 44.2 cm³/mol. The second-order valence-corrected chi connectivity index (χ2v) is 3.15. The van der Waals surface area contributed by atoms with E-state index in [-0.39, 0.29) is 6.07 Å². The number of halogens is 7. The Morgan fingerprint density at radius 3 is 2.06 bits per heavy atom. The van der Waals surface area contributed by atoms with Gasteiger partial charge in [-0.05, 0) is 6.07 Å². The van der Waals surface area contributed by atoms with E-state index in [1.54, 1.807) is 0 Å². The number of rotatable bonds is 2. The van der Waals surface area contributed by atoms with Crippen LogP contribution in [0, 0.1) is 17.5 Å². The third kappa shape index (κ3) is 2.51. The zero-order chi connectivity index (χ0) is 13.4. The molecule has 0 bridgehead atoms. The predicted octanol–water partition coefficient (Wildman–Crippen LogP) is 3.09. The number of benzene rings is 1. The summed E-state index contributed by atoms with van der Waals surface area (Å²) in [5.41, 5.74) is 1.23. The number of hydrogen-bond donors (Lipinski definition) is 1. The molecule has 0 heterocycles. The molecule has 0 saturated carbocycles. The third-order valence-corrected chi connectivity index (χ3v) is 2.01. The molecule has 0 amide bonds. The molecule has 0 aliphatic heterocycles. The van der Waals surface area contributed by atoms with E-state index >= 15 is 0 Å². The van der Waals surface area contributed by atoms with E-state index in [0.717, 1.165) is 0 Å². The summed E-state index contributed by atoms with van der Waals surface area (Å²) in [6.07, 6.45) is -7.68. The molecule has 0 spiro atoms. The van der Waals surface area contributed by atoms with Gasteiger partial charge in [-0.15, -0.1) is 0 Å². The zero-order valence-electron chi connectivity index (χ0n) is 8.08. The van der Waals surface area contributed by atoms with Crippen LogP contribution in [0.15, 0.2) is 6.07 Å². The fraction of sp³-hybridized carbons (Fsp3) is 0.333. The van der Waals surface area contributed by atoms with Crippen LogP contribution in [0.3, 0.4) is 0 Å². The van der Waals surface area contributed by atoms with Gasteiger partial charge in [0.1, 0.15) is 17.6 Å². The molecular formula is C9H6F7N. The smallest absolute Gasteiger partial charge is 0.327 e. The maximum absolute atomic E-state index is 13.1. The normalized spacial score (nSPS) is 13.9. The molecule has 2 N–H and O–H groups in total. The van der Waals surface area contributed by atoms with Crippen LogP contribution >= 0.6 is 0 Å². The number of nitrogens with two attached hydrogens (primary N) is 1. The second kappa shape index (κ2) is 4.52. The first-order chi connectivity index (χ1) is 7.70. The lowest BCUT2D eigenvalue weighted by atomic mass is 10.0. The highest BCUT2D eigenvalue weighted by molar-refractivity contribution is 5.31. The van der Waals surface area contributed by atoms with E-state index in [4.69, 9.17) is 5.73 Å². The molecule has 0 saturated heterocycles. The van der Waals surface area contributed by atoms with Gasteiger partial charge in [-0.25, -0.2) is 17.6 Å². The Balaban J connectivity index is 3.48. The van der Waals surface area contributed by atoms with Gasteiger partial charge in [0.25, 0.3) is 0 Å². The average molecular weight is 261 g/mol. The molecule has 1 aromatic carbocycles. The molecule has 0 radical (unpaired) electrons. The van der Waals surface area contributed by atoms with E-state index in [0.29, 0.717) is 0 Å². The van der Waals surface area contributed by atoms with E-state index in [9.17, 15) is 30.7 Å². The van der Waals surface area contributed by atoms with Gasteiger partial charge in [-0.3, -0.25) is 0 Å². The highest BCUT2D eigenvalue weighted by Gasteiger charge is 2.40. The molecule has 1 unspecified atom stereocenters. The van der Waals surface area contributed by atoms with Crippen molar-refractivity contribution in [2.45, 2.75) is 12.3 Å². The molecule has 1 atom stereocenters. The molecule has 1 rings (SSSR count). The Kier molecular flexibility index (Phi) is 3.65. The van der Waals surface area contributed by atoms with Crippen LogP contribution < -0.4 is 5.73 Å². The van der Waals surface area contributed by atoms with Gasteiger partial charge in [-0.1, -0.05) is 0 Å². The minimum atomic E-state index is -5.40. The van der Waals surface area contributed by atoms with Crippen LogP contribution in [-0.4, -0.2) is 6.54 Å². The molecule has 17 heavy (non-hydrogen) atoms. The van der Waals surface area contributed by atoms with Crippen molar-refractivity contribution in [1.29, 1.82) is 0 Å². The van der Waals surface area contributed by atoms with E-state index in [1.807, 2.05) is 0 Å². The van der Waals surface area contributed by atoms with E-state index in [2.05, 4.69) is 0 Å². The Morgan fingerprint density at radius 2 is 1.65 bits per heavy atom. The minimum Gasteiger partial charge on any atom is -0.327 e. The lowest BCUT2D eigenvalue weighted by Gasteiger charge is -2.13. The van der Waals surface area contributed by atoms with E-state index < -0.39 is 47.5 Å². The molecule has 96 valence electrons. The first kappa shape index (κ1) is 13.8. The number of alkyl halides is 4. The zero-order valence-corrected chi connectivity index (χ0v) is 8.08. The fourth-order valence-corrected chi connectivity index (χ4v) is 1.23. The summed E-state index contributed by atoms with van der Waals surface area (Å²) in [6, 6.07) is -0.0429. The van der Waals surface area contributed by atoms with Gasteiger partial charge in [0, 0.05) is 12.1 Å². The maximum Gasteiger partial charge on any atom is 0.422 e. The molecule has 0 fully saturated rings. The third-order valence-electron chi connectivity index (χ3n) is 2.01. The Labute approximate surface area is 91.0 Å². The standard InChI is InChI=1S/C9H6F7N/c10-4-1-3(5(11)2-17)7(12)8(13)6(4)9(14,15)16/h1,5H,2,17H2. The summed E-state index contributed by atoms with van der Waals surface area (Å²) in [4.78, 5) is 0. The lowest BCUT2D eigenvalue weighted by Crippen LogP contribution is -2.17. The second-order valence-electron chi connectivity index (χ2n) is 3.15. The topological polar surface area (TPSA) is 26.0 Å². The van der Waals surface area contributed by atoms with Crippen molar-refractivity contribution in [3.8, 4) is 0 Å². The quantitative estimate of drug-likeness (QED) is 0.642. The average Bonchev–Trinajstić information content (AvgIpc) is 2.20. The summed E-state index contributed by atoms with van der Waals surface area (Å²) in [6.45, 7) is -0.804. The first-order valence-corrected chi connectivity index (χ1v) is 4.28. The lowest BCUT2D eigenvalue weighted by molar-refractivity contribution is -0.142. The summed E-state index contributed by atoms with van der Waals surface area (Å²) in [5.74, 6) is -6.64. The van der Waals surface area contributed by atoms with Crippen molar-refractivity contribution in [1.82, 2.24) is 0 Å². The highest BCUT2D eigenvalue weighted by Crippen LogP contribution is 2.36. The Bertz CT molecular complexity index is 426. The van der Waals surface area contributed by atoms with Crippen molar-refractivity contribution < 1.29 is 30.7 Å². The maximum atomic E-state index is 13.1. The van der Waals surface area contributed by atoms with Crippen LogP contribution in [0.5, 0.6) is 0 Å². The SMILES string of the molecule is NCC(F)c1cc(F)c(C(F)(F)F)c(F)c1F. The van der Waals surface area contributed by atoms with Gasteiger partial charge < -0.3 is 5.73 Å². The van der Waals surface area contributed by atoms with Crippen molar-refractivity contribution >= 4 is 0 Å². The summed E-state index contributed by atoms with van der Waals surface area (Å²) in [7, 11) is 0. The molecule has 0 aromatic heterocycles. The first-order valence-electron chi connectivity index (χ1n) is 4.28.